The molecule has 416 valence electrons. The summed E-state index contributed by atoms with van der Waals surface area (Å²) >= 11 is 7.23. The van der Waals surface area contributed by atoms with E-state index in [1.54, 1.807) is 149 Å². The molecule has 0 aliphatic heterocycles. The zero-order valence-electron chi connectivity index (χ0n) is 45.5. The van der Waals surface area contributed by atoms with Crippen LogP contribution in [0.4, 0.5) is 0 Å². The van der Waals surface area contributed by atoms with Crippen molar-refractivity contribution < 1.29 is 71.4 Å². The van der Waals surface area contributed by atoms with E-state index in [9.17, 15) is 0 Å². The molecule has 0 fully saturated rings. The predicted octanol–water partition coefficient (Wildman–Crippen LogP) is 10.6. The van der Waals surface area contributed by atoms with E-state index in [-0.39, 0.29) is 0 Å². The maximum absolute atomic E-state index is 6.00. The molecule has 0 aromatic heterocycles. The quantitative estimate of drug-likeness (QED) is 0.0147. The summed E-state index contributed by atoms with van der Waals surface area (Å²) in [6, 6.07) is 3.11. The van der Waals surface area contributed by atoms with Crippen LogP contribution in [0.2, 0.25) is 24.2 Å². The molecule has 0 radical (unpaired) electrons. The molecule has 0 aromatic carbocycles. The van der Waals surface area contributed by atoms with Gasteiger partial charge in [0, 0.05) is 173 Å². The van der Waals surface area contributed by atoms with Gasteiger partial charge in [0.25, 0.3) is 17.5 Å². The summed E-state index contributed by atoms with van der Waals surface area (Å²) in [4.78, 5) is 0. The number of nitrogens with zero attached hydrogens (tertiary/aromatic N) is 4. The number of hydrogen-bond donors (Lipinski definition) is 0. The molecule has 0 bridgehead atoms. The molecule has 70 heavy (non-hydrogen) atoms. The lowest BCUT2D eigenvalue weighted by molar-refractivity contribution is -0.458. The molecule has 0 aliphatic rings. The van der Waals surface area contributed by atoms with Crippen molar-refractivity contribution in [2.24, 2.45) is 0 Å². The first-order valence-corrected chi connectivity index (χ1v) is 43.9. The van der Waals surface area contributed by atoms with Gasteiger partial charge in [0.1, 0.15) is 56.4 Å². The minimum absolute atomic E-state index is 0.606. The third-order valence-electron chi connectivity index (χ3n) is 8.52. The second kappa shape index (κ2) is 46.1. The average molecular weight is 1290 g/mol. The van der Waals surface area contributed by atoms with Crippen LogP contribution in [0.25, 0.3) is 0 Å². The van der Waals surface area contributed by atoms with Gasteiger partial charge in [-0.2, -0.15) is 0 Å². The van der Waals surface area contributed by atoms with E-state index in [0.717, 1.165) is 47.2 Å². The topological polar surface area (TPSA) is 123 Å². The molecule has 32 heteroatoms. The molecule has 0 saturated carbocycles. The summed E-state index contributed by atoms with van der Waals surface area (Å²) in [5.41, 5.74) is 0. The Balaban J connectivity index is 0. The lowest BCUT2D eigenvalue weighted by atomic mass is 10.9. The fourth-order valence-corrected chi connectivity index (χ4v) is 35.2. The maximum Gasteiger partial charge on any atom is 0.501 e. The van der Waals surface area contributed by atoms with Crippen LogP contribution in [0.5, 0.6) is 0 Å². The summed E-state index contributed by atoms with van der Waals surface area (Å²) in [6.45, 7) is 15.6. The Hall–Kier alpha value is 3.27. The first-order valence-electron chi connectivity index (χ1n) is 22.5. The largest absolute Gasteiger partial charge is 0.501 e. The second-order valence-electron chi connectivity index (χ2n) is 14.2. The maximum atomic E-state index is 6.00. The summed E-state index contributed by atoms with van der Waals surface area (Å²) < 4.78 is 82.6. The third-order valence-corrected chi connectivity index (χ3v) is 41.2. The Morgan fingerprint density at radius 1 is 0.300 bits per heavy atom. The van der Waals surface area contributed by atoms with Gasteiger partial charge in [-0.15, -0.1) is 0 Å². The fourth-order valence-electron chi connectivity index (χ4n) is 5.25. The lowest BCUT2D eigenvalue weighted by Crippen LogP contribution is -2.46. The van der Waals surface area contributed by atoms with E-state index in [4.69, 9.17) is 53.1 Å². The van der Waals surface area contributed by atoms with E-state index >= 15 is 0 Å². The molecule has 0 amide bonds. The summed E-state index contributed by atoms with van der Waals surface area (Å²) in [7, 11) is 30.3. The zero-order chi connectivity index (χ0) is 53.5. The van der Waals surface area contributed by atoms with Gasteiger partial charge < -0.3 is 53.1 Å². The van der Waals surface area contributed by atoms with Crippen LogP contribution in [-0.2, 0) is 53.1 Å². The van der Waals surface area contributed by atoms with Gasteiger partial charge in [-0.3, -0.25) is 0 Å². The van der Waals surface area contributed by atoms with E-state index in [0.29, 0.717) is 39.6 Å². The molecule has 0 heterocycles. The van der Waals surface area contributed by atoms with Crippen LogP contribution in [-0.4, -0.2) is 233 Å². The lowest BCUT2D eigenvalue weighted by Gasteiger charge is -2.28. The van der Waals surface area contributed by atoms with Crippen LogP contribution >= 0.6 is 130 Å². The van der Waals surface area contributed by atoms with Gasteiger partial charge in [-0.05, 0) is 128 Å². The first kappa shape index (κ1) is 75.3. The Morgan fingerprint density at radius 3 is 0.614 bits per heavy atom. The SMILES string of the molecule is CCO[Si](CCSC(SSSSC(SCC[Si](OCC)(OCC)OCC)=[N+](C)C)=[N+](C)C)(OCC)OCC.CO[Si](CCSC(SSSSC(SCC[Si](OC)(OC)OC)=[N+](C)C)=[N+](C)C)(OC)OC. The van der Waals surface area contributed by atoms with Crippen molar-refractivity contribution in [3.63, 3.8) is 0 Å². The summed E-state index contributed by atoms with van der Waals surface area (Å²) in [6.07, 6.45) is 0. The van der Waals surface area contributed by atoms with Gasteiger partial charge in [-0.25, -0.2) is 18.3 Å². The van der Waals surface area contributed by atoms with Crippen molar-refractivity contribution in [3.05, 3.63) is 0 Å². The smallest absolute Gasteiger partial charge is 0.377 e. The molecule has 0 spiro atoms. The predicted molar refractivity (Wildman–Crippen MR) is 333 cm³/mol. The highest BCUT2D eigenvalue weighted by atomic mass is 33.7. The summed E-state index contributed by atoms with van der Waals surface area (Å²) in [5.74, 6) is 3.52. The molecule has 16 nitrogen and oxygen atoms in total. The Kier molecular flexibility index (Phi) is 49.6. The monoisotopic (exact) mass is 1290 g/mol. The van der Waals surface area contributed by atoms with Crippen LogP contribution in [0, 0.1) is 0 Å². The van der Waals surface area contributed by atoms with Crippen LogP contribution < -0.4 is 0 Å². The van der Waals surface area contributed by atoms with Crippen molar-refractivity contribution in [2.75, 3.05) is 162 Å². The number of thioether (sulfide) groups is 4. The highest BCUT2D eigenvalue weighted by molar-refractivity contribution is 9.30. The molecular formula is C38H88N4O12S12Si4+4. The fraction of sp³-hybridized carbons (Fsp3) is 0.895. The molecule has 0 saturated heterocycles. The van der Waals surface area contributed by atoms with E-state index in [1.165, 1.54) is 17.5 Å². The van der Waals surface area contributed by atoms with Gasteiger partial charge in [0.05, 0.1) is 0 Å². The first-order chi connectivity index (χ1) is 33.4. The van der Waals surface area contributed by atoms with E-state index < -0.39 is 35.2 Å². The van der Waals surface area contributed by atoms with Crippen molar-refractivity contribution in [1.29, 1.82) is 0 Å². The van der Waals surface area contributed by atoms with Crippen molar-refractivity contribution in [1.82, 2.24) is 0 Å². The molecular weight excluding hydrogens is 1200 g/mol. The molecule has 0 aromatic rings. The van der Waals surface area contributed by atoms with Crippen LogP contribution in [0.1, 0.15) is 41.5 Å². The van der Waals surface area contributed by atoms with Crippen molar-refractivity contribution in [3.8, 4) is 0 Å². The van der Waals surface area contributed by atoms with E-state index in [2.05, 4.69) is 74.7 Å². The normalized spacial score (nSPS) is 12.2. The highest BCUT2D eigenvalue weighted by Crippen LogP contribution is 2.48. The molecule has 0 aliphatic carbocycles. The third kappa shape index (κ3) is 33.0. The summed E-state index contributed by atoms with van der Waals surface area (Å²) in [5, 5.41) is 0. The van der Waals surface area contributed by atoms with E-state index in [1.807, 2.05) is 65.1 Å². The van der Waals surface area contributed by atoms with Crippen molar-refractivity contribution in [2.45, 2.75) is 65.7 Å². The van der Waals surface area contributed by atoms with Gasteiger partial charge in [0.15, 0.2) is 0 Å². The van der Waals surface area contributed by atoms with Crippen LogP contribution in [0.3, 0.4) is 0 Å². The average Bonchev–Trinajstić information content (AvgIpc) is 3.32. The second-order valence-corrected chi connectivity index (χ2v) is 42.5. The highest BCUT2D eigenvalue weighted by Gasteiger charge is 2.42. The molecule has 0 atom stereocenters. The molecule has 0 N–H and O–H groups in total. The van der Waals surface area contributed by atoms with Gasteiger partial charge >= 0.3 is 35.2 Å². The Morgan fingerprint density at radius 2 is 0.471 bits per heavy atom. The van der Waals surface area contributed by atoms with Crippen molar-refractivity contribution >= 4 is 182 Å². The number of rotatable bonds is 36. The minimum atomic E-state index is -2.62. The van der Waals surface area contributed by atoms with Crippen LogP contribution in [0.15, 0.2) is 0 Å². The minimum Gasteiger partial charge on any atom is -0.377 e. The standard InChI is InChI=1S/C22H50N2O6S6Si2.C16H38N2O6S6Si2/c1-11-25-37(26-12-2,27-13-3)19-17-31-21(23(7)8)33-35-36-34-22(24(9)10)32-18-20-38(28-14-4,29-15-5)30-16-6;1-17(2)15(25-11-13-31(19-5,20-6)21-7)27-29-30-28-16(18(3)4)26-12-14-32(22-8,23-9)24-10/h11-20H2,1-10H3;11-14H2,1-10H3/q2*+2. The molecule has 0 rings (SSSR count). The zero-order valence-corrected chi connectivity index (χ0v) is 59.3. The number of hydrogen-bond acceptors (Lipinski definition) is 24. The van der Waals surface area contributed by atoms with Gasteiger partial charge in [-0.1, -0.05) is 0 Å². The van der Waals surface area contributed by atoms with Gasteiger partial charge in [0.2, 0.25) is 0 Å². The molecule has 0 unspecified atom stereocenters. The Labute approximate surface area is 476 Å². The Bertz CT molecular complexity index is 1330.